The predicted molar refractivity (Wildman–Crippen MR) is 134 cm³/mol. The van der Waals surface area contributed by atoms with E-state index in [4.69, 9.17) is 4.74 Å². The maximum atomic E-state index is 14.0. The largest absolute Gasteiger partial charge is 0.450 e. The van der Waals surface area contributed by atoms with Crippen molar-refractivity contribution in [2.45, 2.75) is 69.5 Å². The number of nitrogens with zero attached hydrogens (tertiary/aromatic N) is 2. The van der Waals surface area contributed by atoms with Gasteiger partial charge in [-0.3, -0.25) is 9.59 Å². The molecule has 0 radical (unpaired) electrons. The zero-order valence-corrected chi connectivity index (χ0v) is 21.0. The first-order valence-electron chi connectivity index (χ1n) is 12.8. The highest BCUT2D eigenvalue weighted by atomic mass is 32.1. The van der Waals surface area contributed by atoms with Gasteiger partial charge >= 0.3 is 6.09 Å². The Labute approximate surface area is 210 Å². The quantitative estimate of drug-likeness (QED) is 0.652. The fraction of sp³-hybridized carbons (Fsp3) is 0.519. The second-order valence-electron chi connectivity index (χ2n) is 9.64. The zero-order valence-electron chi connectivity index (χ0n) is 20.2. The number of benzene rings is 1. The Morgan fingerprint density at radius 1 is 1.06 bits per heavy atom. The van der Waals surface area contributed by atoms with Crippen LogP contribution in [0, 0.1) is 0 Å². The summed E-state index contributed by atoms with van der Waals surface area (Å²) in [6.07, 6.45) is 5.28. The fourth-order valence-electron chi connectivity index (χ4n) is 5.89. The minimum absolute atomic E-state index is 0.0121. The summed E-state index contributed by atoms with van der Waals surface area (Å²) < 4.78 is 5.12. The monoisotopic (exact) mass is 495 g/mol. The van der Waals surface area contributed by atoms with Crippen molar-refractivity contribution in [3.05, 3.63) is 57.8 Å². The number of nitrogens with one attached hydrogen (secondary N) is 1. The van der Waals surface area contributed by atoms with Gasteiger partial charge in [0, 0.05) is 35.6 Å². The van der Waals surface area contributed by atoms with Crippen LogP contribution in [0.4, 0.5) is 4.79 Å². The van der Waals surface area contributed by atoms with Gasteiger partial charge in [-0.15, -0.1) is 11.3 Å². The van der Waals surface area contributed by atoms with Gasteiger partial charge in [0.15, 0.2) is 0 Å². The fourth-order valence-corrected chi connectivity index (χ4v) is 6.75. The number of piperidine rings is 1. The molecular weight excluding hydrogens is 462 g/mol. The Hall–Kier alpha value is -2.87. The molecule has 1 N–H and O–H groups in total. The van der Waals surface area contributed by atoms with Crippen molar-refractivity contribution >= 4 is 29.2 Å². The van der Waals surface area contributed by atoms with Crippen molar-refractivity contribution in [1.29, 1.82) is 0 Å². The molecule has 35 heavy (non-hydrogen) atoms. The molecule has 1 aromatic carbocycles. The molecule has 1 saturated carbocycles. The standard InChI is InChI=1S/C27H33N3O4S/c1-2-34-27(33)29-15-13-18(14-16-29)28-25(31)23-20-10-5-6-11-21(20)26(32)30(19-8-3-4-9-19)24(23)22-12-7-17-35-22/h5-7,10-12,17-19,23-24H,2-4,8-9,13-16H2,1H3,(H,28,31)/t23-,24+/m1/s1. The molecule has 2 atom stereocenters. The van der Waals surface area contributed by atoms with Gasteiger partial charge in [0.2, 0.25) is 5.91 Å². The van der Waals surface area contributed by atoms with Crippen molar-refractivity contribution in [3.8, 4) is 0 Å². The van der Waals surface area contributed by atoms with E-state index in [1.54, 1.807) is 23.2 Å². The lowest BCUT2D eigenvalue weighted by Crippen LogP contribution is -2.53. The number of hydrogen-bond donors (Lipinski definition) is 1. The number of fused-ring (bicyclic) bond motifs is 1. The van der Waals surface area contributed by atoms with Crippen LogP contribution >= 0.6 is 11.3 Å². The lowest BCUT2D eigenvalue weighted by Gasteiger charge is -2.44. The molecule has 186 valence electrons. The first kappa shape index (κ1) is 23.9. The molecule has 0 bridgehead atoms. The third-order valence-corrected chi connectivity index (χ3v) is 8.52. The van der Waals surface area contributed by atoms with Gasteiger partial charge in [-0.1, -0.05) is 37.1 Å². The summed E-state index contributed by atoms with van der Waals surface area (Å²) in [4.78, 5) is 44.6. The van der Waals surface area contributed by atoms with Gasteiger partial charge < -0.3 is 19.9 Å². The molecular formula is C27H33N3O4S. The average Bonchev–Trinajstić information content (AvgIpc) is 3.59. The van der Waals surface area contributed by atoms with Gasteiger partial charge in [-0.05, 0) is 55.7 Å². The second-order valence-corrected chi connectivity index (χ2v) is 10.6. The Morgan fingerprint density at radius 3 is 2.49 bits per heavy atom. The van der Waals surface area contributed by atoms with E-state index >= 15 is 0 Å². The smallest absolute Gasteiger partial charge is 0.409 e. The minimum Gasteiger partial charge on any atom is -0.450 e. The van der Waals surface area contributed by atoms with Crippen molar-refractivity contribution in [2.75, 3.05) is 19.7 Å². The van der Waals surface area contributed by atoms with Crippen molar-refractivity contribution in [2.24, 2.45) is 0 Å². The van der Waals surface area contributed by atoms with E-state index in [2.05, 4.69) is 11.4 Å². The molecule has 3 heterocycles. The van der Waals surface area contributed by atoms with E-state index < -0.39 is 5.92 Å². The van der Waals surface area contributed by atoms with Crippen LogP contribution in [0.2, 0.25) is 0 Å². The summed E-state index contributed by atoms with van der Waals surface area (Å²) in [6, 6.07) is 11.5. The molecule has 0 spiro atoms. The van der Waals surface area contributed by atoms with Crippen LogP contribution < -0.4 is 5.32 Å². The number of ether oxygens (including phenoxy) is 1. The SMILES string of the molecule is CCOC(=O)N1CCC(NC(=O)[C@@H]2c3ccccc3C(=O)N(C3CCCC3)[C@H]2c2cccs2)CC1. The van der Waals surface area contributed by atoms with Crippen LogP contribution in [0.3, 0.4) is 0 Å². The Balaban J connectivity index is 1.42. The number of hydrogen-bond acceptors (Lipinski definition) is 5. The molecule has 1 aromatic heterocycles. The highest BCUT2D eigenvalue weighted by Gasteiger charge is 2.47. The number of amides is 3. The molecule has 5 rings (SSSR count). The van der Waals surface area contributed by atoms with Crippen LogP contribution in [0.15, 0.2) is 41.8 Å². The molecule has 7 nitrogen and oxygen atoms in total. The lowest BCUT2D eigenvalue weighted by molar-refractivity contribution is -0.125. The molecule has 2 aromatic rings. The minimum atomic E-state index is -0.466. The van der Waals surface area contributed by atoms with E-state index in [1.165, 1.54) is 0 Å². The van der Waals surface area contributed by atoms with Crippen LogP contribution in [0.5, 0.6) is 0 Å². The van der Waals surface area contributed by atoms with Crippen LogP contribution in [0.25, 0.3) is 0 Å². The van der Waals surface area contributed by atoms with E-state index in [1.807, 2.05) is 40.6 Å². The van der Waals surface area contributed by atoms with Crippen molar-refractivity contribution in [1.82, 2.24) is 15.1 Å². The second kappa shape index (κ2) is 10.4. The number of carbonyl (C=O) groups is 3. The van der Waals surface area contributed by atoms with Crippen LogP contribution in [-0.2, 0) is 9.53 Å². The summed E-state index contributed by atoms with van der Waals surface area (Å²) in [5.74, 6) is -0.468. The summed E-state index contributed by atoms with van der Waals surface area (Å²) in [5.41, 5.74) is 1.45. The number of rotatable bonds is 5. The molecule has 2 aliphatic heterocycles. The summed E-state index contributed by atoms with van der Waals surface area (Å²) in [6.45, 7) is 3.28. The molecule has 3 aliphatic rings. The summed E-state index contributed by atoms with van der Waals surface area (Å²) >= 11 is 1.61. The molecule has 2 fully saturated rings. The average molecular weight is 496 g/mol. The zero-order chi connectivity index (χ0) is 24.4. The number of thiophene rings is 1. The maximum Gasteiger partial charge on any atom is 0.409 e. The van der Waals surface area contributed by atoms with E-state index in [0.717, 1.165) is 36.1 Å². The third-order valence-electron chi connectivity index (χ3n) is 7.58. The molecule has 3 amide bonds. The van der Waals surface area contributed by atoms with Gasteiger partial charge in [-0.25, -0.2) is 4.79 Å². The first-order chi connectivity index (χ1) is 17.1. The van der Waals surface area contributed by atoms with Crippen molar-refractivity contribution in [3.63, 3.8) is 0 Å². The van der Waals surface area contributed by atoms with Gasteiger partial charge in [-0.2, -0.15) is 0 Å². The normalized spacial score (nSPS) is 23.3. The first-order valence-corrected chi connectivity index (χ1v) is 13.6. The molecule has 0 unspecified atom stereocenters. The highest BCUT2D eigenvalue weighted by molar-refractivity contribution is 7.10. The van der Waals surface area contributed by atoms with Crippen molar-refractivity contribution < 1.29 is 19.1 Å². The lowest BCUT2D eigenvalue weighted by atomic mass is 9.80. The molecule has 1 saturated heterocycles. The topological polar surface area (TPSA) is 79.0 Å². The Morgan fingerprint density at radius 2 is 1.80 bits per heavy atom. The van der Waals surface area contributed by atoms with Gasteiger partial charge in [0.1, 0.15) is 0 Å². The number of likely N-dealkylation sites (tertiary alicyclic amines) is 1. The summed E-state index contributed by atoms with van der Waals surface area (Å²) in [5, 5.41) is 5.31. The molecule has 1 aliphatic carbocycles. The maximum absolute atomic E-state index is 14.0. The van der Waals surface area contributed by atoms with Gasteiger partial charge in [0.25, 0.3) is 5.91 Å². The van der Waals surface area contributed by atoms with E-state index in [-0.39, 0.29) is 36.0 Å². The van der Waals surface area contributed by atoms with E-state index in [0.29, 0.717) is 38.1 Å². The molecule has 8 heteroatoms. The van der Waals surface area contributed by atoms with Crippen LogP contribution in [0.1, 0.15) is 78.2 Å². The van der Waals surface area contributed by atoms with E-state index in [9.17, 15) is 14.4 Å². The predicted octanol–water partition coefficient (Wildman–Crippen LogP) is 4.71. The summed E-state index contributed by atoms with van der Waals surface area (Å²) in [7, 11) is 0. The number of carbonyl (C=O) groups excluding carboxylic acids is 3. The van der Waals surface area contributed by atoms with Crippen LogP contribution in [-0.4, -0.2) is 59.5 Å². The van der Waals surface area contributed by atoms with Gasteiger partial charge in [0.05, 0.1) is 18.6 Å². The Bertz CT molecular complexity index is 1060. The third kappa shape index (κ3) is 4.68. The highest BCUT2D eigenvalue weighted by Crippen LogP contribution is 2.47. The Kier molecular flexibility index (Phi) is 7.09.